The van der Waals surface area contributed by atoms with Gasteiger partial charge in [0, 0.05) is 19.2 Å². The van der Waals surface area contributed by atoms with Crippen molar-refractivity contribution < 1.29 is 28.3 Å². The molecule has 2 aromatic rings. The van der Waals surface area contributed by atoms with Gasteiger partial charge in [0.25, 0.3) is 5.91 Å². The minimum atomic E-state index is -0.915. The molecule has 1 saturated heterocycles. The standard InChI is InChI=1S/C17H17FN2O5/c1-10-7-20(8-12(10)17(22)23)16(21)14-6-11(25-19-14)9-24-15-5-3-2-4-13(15)18/h2-6,10,12H,7-9H2,1H3,(H,22,23)/t10-,12-/m1/s1. The van der Waals surface area contributed by atoms with Crippen molar-refractivity contribution >= 4 is 11.9 Å². The zero-order valence-corrected chi connectivity index (χ0v) is 13.5. The Balaban J connectivity index is 1.62. The summed E-state index contributed by atoms with van der Waals surface area (Å²) in [6.45, 7) is 2.21. The molecule has 1 aliphatic rings. The fraction of sp³-hybridized carbons (Fsp3) is 0.353. The molecule has 0 saturated carbocycles. The molecule has 7 nitrogen and oxygen atoms in total. The van der Waals surface area contributed by atoms with E-state index in [2.05, 4.69) is 5.16 Å². The Morgan fingerprint density at radius 2 is 2.16 bits per heavy atom. The zero-order chi connectivity index (χ0) is 18.0. The molecule has 1 N–H and O–H groups in total. The van der Waals surface area contributed by atoms with Gasteiger partial charge in [-0.1, -0.05) is 24.2 Å². The van der Waals surface area contributed by atoms with Gasteiger partial charge in [-0.2, -0.15) is 0 Å². The van der Waals surface area contributed by atoms with Crippen LogP contribution in [0.4, 0.5) is 4.39 Å². The fourth-order valence-electron chi connectivity index (χ4n) is 2.81. The summed E-state index contributed by atoms with van der Waals surface area (Å²) < 4.78 is 23.8. The summed E-state index contributed by atoms with van der Waals surface area (Å²) in [5.41, 5.74) is 0.0744. The lowest BCUT2D eigenvalue weighted by atomic mass is 9.99. The van der Waals surface area contributed by atoms with E-state index in [0.29, 0.717) is 6.54 Å². The second-order valence-corrected chi connectivity index (χ2v) is 6.03. The number of ether oxygens (including phenoxy) is 1. The van der Waals surface area contributed by atoms with E-state index >= 15 is 0 Å². The van der Waals surface area contributed by atoms with Gasteiger partial charge < -0.3 is 19.3 Å². The van der Waals surface area contributed by atoms with Gasteiger partial charge in [0.15, 0.2) is 23.0 Å². The summed E-state index contributed by atoms with van der Waals surface area (Å²) in [7, 11) is 0. The van der Waals surface area contributed by atoms with Gasteiger partial charge in [-0.25, -0.2) is 4.39 Å². The second-order valence-electron chi connectivity index (χ2n) is 6.03. The maximum atomic E-state index is 13.5. The molecule has 0 unspecified atom stereocenters. The molecule has 0 radical (unpaired) electrons. The van der Waals surface area contributed by atoms with Crippen LogP contribution in [0.5, 0.6) is 5.75 Å². The molecule has 2 heterocycles. The van der Waals surface area contributed by atoms with Crippen LogP contribution in [0.15, 0.2) is 34.9 Å². The molecule has 1 aliphatic heterocycles. The van der Waals surface area contributed by atoms with Crippen molar-refractivity contribution in [2.24, 2.45) is 11.8 Å². The van der Waals surface area contributed by atoms with Crippen LogP contribution in [-0.4, -0.2) is 40.1 Å². The minimum absolute atomic E-state index is 0.0736. The molecule has 1 fully saturated rings. The molecule has 1 aromatic heterocycles. The van der Waals surface area contributed by atoms with Crippen molar-refractivity contribution in [3.05, 3.63) is 47.6 Å². The predicted molar refractivity (Wildman–Crippen MR) is 83.4 cm³/mol. The number of benzene rings is 1. The first-order chi connectivity index (χ1) is 12.0. The Morgan fingerprint density at radius 1 is 1.40 bits per heavy atom. The molecule has 1 aromatic carbocycles. The largest absolute Gasteiger partial charge is 0.482 e. The van der Waals surface area contributed by atoms with Gasteiger partial charge in [0.2, 0.25) is 0 Å². The number of likely N-dealkylation sites (tertiary alicyclic amines) is 1. The van der Waals surface area contributed by atoms with Gasteiger partial charge >= 0.3 is 5.97 Å². The number of amides is 1. The van der Waals surface area contributed by atoms with Gasteiger partial charge in [-0.3, -0.25) is 9.59 Å². The van der Waals surface area contributed by atoms with E-state index in [1.807, 2.05) is 0 Å². The van der Waals surface area contributed by atoms with E-state index in [-0.39, 0.29) is 36.3 Å². The monoisotopic (exact) mass is 348 g/mol. The van der Waals surface area contributed by atoms with Crippen LogP contribution in [0.3, 0.4) is 0 Å². The fourth-order valence-corrected chi connectivity index (χ4v) is 2.81. The molecule has 25 heavy (non-hydrogen) atoms. The highest BCUT2D eigenvalue weighted by molar-refractivity contribution is 5.93. The minimum Gasteiger partial charge on any atom is -0.482 e. The van der Waals surface area contributed by atoms with Crippen molar-refractivity contribution in [1.29, 1.82) is 0 Å². The Hall–Kier alpha value is -2.90. The molecule has 132 valence electrons. The molecule has 3 rings (SSSR count). The van der Waals surface area contributed by atoms with E-state index in [9.17, 15) is 14.0 Å². The first kappa shape index (κ1) is 16.9. The average Bonchev–Trinajstić information content (AvgIpc) is 3.20. The third kappa shape index (κ3) is 3.62. The van der Waals surface area contributed by atoms with Crippen LogP contribution in [-0.2, 0) is 11.4 Å². The van der Waals surface area contributed by atoms with E-state index < -0.39 is 23.6 Å². The van der Waals surface area contributed by atoms with Crippen molar-refractivity contribution in [3.63, 3.8) is 0 Å². The lowest BCUT2D eigenvalue weighted by molar-refractivity contribution is -0.142. The number of nitrogens with zero attached hydrogens (tertiary/aromatic N) is 2. The highest BCUT2D eigenvalue weighted by Crippen LogP contribution is 2.25. The van der Waals surface area contributed by atoms with Crippen LogP contribution in [0.25, 0.3) is 0 Å². The lowest BCUT2D eigenvalue weighted by Gasteiger charge is -2.13. The zero-order valence-electron chi connectivity index (χ0n) is 13.5. The van der Waals surface area contributed by atoms with Gasteiger partial charge in [0.1, 0.15) is 6.61 Å². The van der Waals surface area contributed by atoms with Crippen LogP contribution < -0.4 is 4.74 Å². The third-order valence-corrected chi connectivity index (χ3v) is 4.20. The Bertz CT molecular complexity index is 791. The number of para-hydroxylation sites is 1. The number of aromatic nitrogens is 1. The number of aliphatic carboxylic acids is 1. The lowest BCUT2D eigenvalue weighted by Crippen LogP contribution is -2.30. The van der Waals surface area contributed by atoms with Crippen molar-refractivity contribution in [3.8, 4) is 5.75 Å². The van der Waals surface area contributed by atoms with Crippen LogP contribution in [0.2, 0.25) is 0 Å². The van der Waals surface area contributed by atoms with E-state index in [1.165, 1.54) is 23.1 Å². The summed E-state index contributed by atoms with van der Waals surface area (Å²) in [5.74, 6) is -2.17. The van der Waals surface area contributed by atoms with Crippen LogP contribution >= 0.6 is 0 Å². The van der Waals surface area contributed by atoms with Crippen molar-refractivity contribution in [2.75, 3.05) is 13.1 Å². The van der Waals surface area contributed by atoms with E-state index in [4.69, 9.17) is 14.4 Å². The molecule has 0 aliphatic carbocycles. The van der Waals surface area contributed by atoms with Crippen molar-refractivity contribution in [2.45, 2.75) is 13.5 Å². The number of carboxylic acids is 1. The Morgan fingerprint density at radius 3 is 2.84 bits per heavy atom. The average molecular weight is 348 g/mol. The SMILES string of the molecule is C[C@@H]1CN(C(=O)c2cc(COc3ccccc3F)on2)C[C@H]1C(=O)O. The number of carbonyl (C=O) groups is 2. The first-order valence-corrected chi connectivity index (χ1v) is 7.80. The molecule has 0 spiro atoms. The third-order valence-electron chi connectivity index (χ3n) is 4.20. The van der Waals surface area contributed by atoms with Gasteiger partial charge in [0.05, 0.1) is 5.92 Å². The summed E-state index contributed by atoms with van der Waals surface area (Å²) >= 11 is 0. The Kier molecular flexibility index (Phi) is 4.69. The maximum Gasteiger partial charge on any atom is 0.308 e. The number of carboxylic acid groups (broad SMARTS) is 1. The van der Waals surface area contributed by atoms with Crippen LogP contribution in [0.1, 0.15) is 23.2 Å². The number of carbonyl (C=O) groups excluding carboxylic acids is 1. The highest BCUT2D eigenvalue weighted by atomic mass is 19.1. The predicted octanol–water partition coefficient (Wildman–Crippen LogP) is 2.19. The summed E-state index contributed by atoms with van der Waals surface area (Å²) in [5, 5.41) is 12.8. The maximum absolute atomic E-state index is 13.5. The number of hydrogen-bond donors (Lipinski definition) is 1. The summed E-state index contributed by atoms with van der Waals surface area (Å²) in [6.07, 6.45) is 0. The molecule has 2 atom stereocenters. The molecule has 1 amide bonds. The molecule has 0 bridgehead atoms. The molecular formula is C17H17FN2O5. The van der Waals surface area contributed by atoms with Gasteiger partial charge in [-0.15, -0.1) is 0 Å². The summed E-state index contributed by atoms with van der Waals surface area (Å²) in [6, 6.07) is 7.37. The number of hydrogen-bond acceptors (Lipinski definition) is 5. The highest BCUT2D eigenvalue weighted by Gasteiger charge is 2.38. The van der Waals surface area contributed by atoms with Crippen molar-refractivity contribution in [1.82, 2.24) is 10.1 Å². The van der Waals surface area contributed by atoms with Gasteiger partial charge in [-0.05, 0) is 18.1 Å². The number of halogens is 1. The number of rotatable bonds is 5. The topological polar surface area (TPSA) is 92.9 Å². The summed E-state index contributed by atoms with van der Waals surface area (Å²) in [4.78, 5) is 25.0. The van der Waals surface area contributed by atoms with Crippen LogP contribution in [0, 0.1) is 17.7 Å². The van der Waals surface area contributed by atoms with E-state index in [1.54, 1.807) is 19.1 Å². The normalized spacial score (nSPS) is 19.8. The quantitative estimate of drug-likeness (QED) is 0.890. The second kappa shape index (κ2) is 6.92. The van der Waals surface area contributed by atoms with E-state index in [0.717, 1.165) is 0 Å². The molecular weight excluding hydrogens is 331 g/mol. The molecule has 8 heteroatoms. The first-order valence-electron chi connectivity index (χ1n) is 7.80. The smallest absolute Gasteiger partial charge is 0.308 e. The Labute approximate surface area is 143 Å².